The molecule has 4 nitrogen and oxygen atoms in total. The van der Waals surface area contributed by atoms with Crippen molar-refractivity contribution in [1.82, 2.24) is 4.98 Å². The second-order valence-corrected chi connectivity index (χ2v) is 5.11. The van der Waals surface area contributed by atoms with Crippen molar-refractivity contribution in [3.05, 3.63) is 36.4 Å². The Morgan fingerprint density at radius 2 is 1.95 bits per heavy atom. The van der Waals surface area contributed by atoms with Crippen LogP contribution >= 0.6 is 11.8 Å². The van der Waals surface area contributed by atoms with E-state index in [0.717, 1.165) is 27.2 Å². The Morgan fingerprint density at radius 3 is 2.79 bits per heavy atom. The third-order valence-electron chi connectivity index (χ3n) is 2.72. The Kier molecular flexibility index (Phi) is 3.46. The van der Waals surface area contributed by atoms with Gasteiger partial charge in [0.15, 0.2) is 11.5 Å². The molecule has 1 aromatic carbocycles. The van der Waals surface area contributed by atoms with Crippen molar-refractivity contribution in [2.45, 2.75) is 9.92 Å². The lowest BCUT2D eigenvalue weighted by molar-refractivity contribution is 0.171. The number of ether oxygens (including phenoxy) is 2. The zero-order valence-electron chi connectivity index (χ0n) is 10.6. The standard InChI is InChI=1S/C14H14N2O2S/c1-15-13-3-2-4-14(16-13)19-10-5-6-11-12(9-10)18-8-7-17-11/h2-6,9H,7-8H2,1H3,(H,15,16). The van der Waals surface area contributed by atoms with Gasteiger partial charge in [-0.3, -0.25) is 0 Å². The Balaban J connectivity index is 1.82. The first-order chi connectivity index (χ1) is 9.35. The Morgan fingerprint density at radius 1 is 1.11 bits per heavy atom. The topological polar surface area (TPSA) is 43.4 Å². The third kappa shape index (κ3) is 2.76. The average Bonchev–Trinajstić information content (AvgIpc) is 2.47. The molecule has 0 bridgehead atoms. The number of rotatable bonds is 3. The van der Waals surface area contributed by atoms with Crippen molar-refractivity contribution in [3.8, 4) is 11.5 Å². The normalized spacial score (nSPS) is 13.1. The highest BCUT2D eigenvalue weighted by Gasteiger charge is 2.12. The first-order valence-electron chi connectivity index (χ1n) is 6.07. The molecule has 2 aromatic rings. The summed E-state index contributed by atoms with van der Waals surface area (Å²) in [5.41, 5.74) is 0. The molecule has 98 valence electrons. The molecule has 0 saturated carbocycles. The van der Waals surface area contributed by atoms with Gasteiger partial charge < -0.3 is 14.8 Å². The van der Waals surface area contributed by atoms with Gasteiger partial charge in [-0.1, -0.05) is 17.8 Å². The summed E-state index contributed by atoms with van der Waals surface area (Å²) in [6.45, 7) is 1.22. The lowest BCUT2D eigenvalue weighted by Crippen LogP contribution is -2.15. The number of hydrogen-bond donors (Lipinski definition) is 1. The van der Waals surface area contributed by atoms with Gasteiger partial charge in [0.2, 0.25) is 0 Å². The van der Waals surface area contributed by atoms with E-state index in [2.05, 4.69) is 10.3 Å². The van der Waals surface area contributed by atoms with E-state index in [0.29, 0.717) is 13.2 Å². The van der Waals surface area contributed by atoms with Crippen LogP contribution in [0.3, 0.4) is 0 Å². The van der Waals surface area contributed by atoms with E-state index in [9.17, 15) is 0 Å². The molecule has 0 atom stereocenters. The summed E-state index contributed by atoms with van der Waals surface area (Å²) < 4.78 is 11.1. The molecule has 2 heterocycles. The quantitative estimate of drug-likeness (QED) is 0.932. The van der Waals surface area contributed by atoms with Gasteiger partial charge in [-0.25, -0.2) is 4.98 Å². The van der Waals surface area contributed by atoms with Crippen molar-refractivity contribution in [2.75, 3.05) is 25.6 Å². The van der Waals surface area contributed by atoms with Crippen LogP contribution in [0.1, 0.15) is 0 Å². The molecule has 0 saturated heterocycles. The molecule has 1 aliphatic rings. The fourth-order valence-corrected chi connectivity index (χ4v) is 2.65. The fraction of sp³-hybridized carbons (Fsp3) is 0.214. The van der Waals surface area contributed by atoms with Crippen molar-refractivity contribution < 1.29 is 9.47 Å². The Bertz CT molecular complexity index is 589. The van der Waals surface area contributed by atoms with Crippen LogP contribution in [-0.2, 0) is 0 Å². The molecule has 0 aliphatic carbocycles. The van der Waals surface area contributed by atoms with Crippen LogP contribution in [0.15, 0.2) is 46.3 Å². The van der Waals surface area contributed by atoms with Crippen molar-refractivity contribution in [3.63, 3.8) is 0 Å². The van der Waals surface area contributed by atoms with E-state index in [1.54, 1.807) is 11.8 Å². The monoisotopic (exact) mass is 274 g/mol. The molecular formula is C14H14N2O2S. The number of nitrogens with one attached hydrogen (secondary N) is 1. The van der Waals surface area contributed by atoms with Crippen LogP contribution in [0, 0.1) is 0 Å². The van der Waals surface area contributed by atoms with E-state index in [-0.39, 0.29) is 0 Å². The fourth-order valence-electron chi connectivity index (χ4n) is 1.82. The molecule has 1 aromatic heterocycles. The zero-order valence-corrected chi connectivity index (χ0v) is 11.4. The van der Waals surface area contributed by atoms with Gasteiger partial charge in [-0.05, 0) is 30.3 Å². The highest BCUT2D eigenvalue weighted by Crippen LogP contribution is 2.36. The minimum atomic E-state index is 0.606. The van der Waals surface area contributed by atoms with E-state index in [1.807, 2.05) is 43.4 Å². The van der Waals surface area contributed by atoms with Crippen LogP contribution in [0.4, 0.5) is 5.82 Å². The summed E-state index contributed by atoms with van der Waals surface area (Å²) in [5.74, 6) is 2.48. The van der Waals surface area contributed by atoms with E-state index in [1.165, 1.54) is 0 Å². The maximum absolute atomic E-state index is 5.58. The summed E-state index contributed by atoms with van der Waals surface area (Å²) in [7, 11) is 1.86. The summed E-state index contributed by atoms with van der Waals surface area (Å²) in [6, 6.07) is 11.9. The molecular weight excluding hydrogens is 260 g/mol. The molecule has 0 spiro atoms. The molecule has 1 aliphatic heterocycles. The van der Waals surface area contributed by atoms with Crippen LogP contribution in [0.5, 0.6) is 11.5 Å². The van der Waals surface area contributed by atoms with Gasteiger partial charge in [-0.2, -0.15) is 0 Å². The maximum Gasteiger partial charge on any atom is 0.162 e. The maximum atomic E-state index is 5.58. The van der Waals surface area contributed by atoms with Crippen molar-refractivity contribution >= 4 is 17.6 Å². The number of benzene rings is 1. The minimum Gasteiger partial charge on any atom is -0.486 e. The molecule has 0 unspecified atom stereocenters. The highest BCUT2D eigenvalue weighted by atomic mass is 32.2. The van der Waals surface area contributed by atoms with Crippen LogP contribution < -0.4 is 14.8 Å². The van der Waals surface area contributed by atoms with Gasteiger partial charge in [0.1, 0.15) is 24.1 Å². The number of anilines is 1. The average molecular weight is 274 g/mol. The highest BCUT2D eigenvalue weighted by molar-refractivity contribution is 7.99. The second-order valence-electron chi connectivity index (χ2n) is 4.02. The number of hydrogen-bond acceptors (Lipinski definition) is 5. The molecule has 0 amide bonds. The number of pyridine rings is 1. The van der Waals surface area contributed by atoms with Crippen molar-refractivity contribution in [1.29, 1.82) is 0 Å². The Labute approximate surface area is 116 Å². The molecule has 0 fully saturated rings. The van der Waals surface area contributed by atoms with E-state index in [4.69, 9.17) is 9.47 Å². The largest absolute Gasteiger partial charge is 0.486 e. The van der Waals surface area contributed by atoms with Gasteiger partial charge in [0, 0.05) is 11.9 Å². The SMILES string of the molecule is CNc1cccc(Sc2ccc3c(c2)OCCO3)n1. The third-order valence-corrected chi connectivity index (χ3v) is 3.64. The summed E-state index contributed by atoms with van der Waals surface area (Å²) >= 11 is 1.60. The van der Waals surface area contributed by atoms with E-state index < -0.39 is 0 Å². The molecule has 19 heavy (non-hydrogen) atoms. The van der Waals surface area contributed by atoms with Crippen molar-refractivity contribution in [2.24, 2.45) is 0 Å². The van der Waals surface area contributed by atoms with Crippen LogP contribution in [0.2, 0.25) is 0 Å². The summed E-state index contributed by atoms with van der Waals surface area (Å²) in [6.07, 6.45) is 0. The molecule has 1 N–H and O–H groups in total. The summed E-state index contributed by atoms with van der Waals surface area (Å²) in [5, 5.41) is 3.98. The van der Waals surface area contributed by atoms with Gasteiger partial charge in [-0.15, -0.1) is 0 Å². The predicted molar refractivity (Wildman–Crippen MR) is 75.3 cm³/mol. The van der Waals surface area contributed by atoms with Gasteiger partial charge >= 0.3 is 0 Å². The van der Waals surface area contributed by atoms with Crippen LogP contribution in [0.25, 0.3) is 0 Å². The predicted octanol–water partition coefficient (Wildman–Crippen LogP) is 3.05. The number of fused-ring (bicyclic) bond motifs is 1. The number of nitrogens with zero attached hydrogens (tertiary/aromatic N) is 1. The van der Waals surface area contributed by atoms with Crippen LogP contribution in [-0.4, -0.2) is 25.2 Å². The summed E-state index contributed by atoms with van der Waals surface area (Å²) in [4.78, 5) is 5.57. The zero-order chi connectivity index (χ0) is 13.1. The smallest absolute Gasteiger partial charge is 0.162 e. The first kappa shape index (κ1) is 12.2. The minimum absolute atomic E-state index is 0.606. The lowest BCUT2D eigenvalue weighted by Gasteiger charge is -2.18. The second kappa shape index (κ2) is 5.40. The molecule has 5 heteroatoms. The van der Waals surface area contributed by atoms with Gasteiger partial charge in [0.25, 0.3) is 0 Å². The van der Waals surface area contributed by atoms with Gasteiger partial charge in [0.05, 0.1) is 0 Å². The molecule has 0 radical (unpaired) electrons. The lowest BCUT2D eigenvalue weighted by atomic mass is 10.3. The Hall–Kier alpha value is -1.88. The number of aromatic nitrogens is 1. The first-order valence-corrected chi connectivity index (χ1v) is 6.89. The van der Waals surface area contributed by atoms with E-state index >= 15 is 0 Å². The molecule has 3 rings (SSSR count).